The predicted octanol–water partition coefficient (Wildman–Crippen LogP) is 1.45. The molecule has 126 valence electrons. The molecule has 0 saturated carbocycles. The van der Waals surface area contributed by atoms with Crippen LogP contribution >= 0.6 is 0 Å². The summed E-state index contributed by atoms with van der Waals surface area (Å²) < 4.78 is 21.1. The van der Waals surface area contributed by atoms with Crippen LogP contribution in [0.3, 0.4) is 0 Å². The highest BCUT2D eigenvalue weighted by Crippen LogP contribution is 2.43. The Balaban J connectivity index is 1.72. The van der Waals surface area contributed by atoms with Crippen molar-refractivity contribution in [3.63, 3.8) is 0 Å². The monoisotopic (exact) mass is 323 g/mol. The first-order valence-corrected chi connectivity index (χ1v) is 7.75. The Morgan fingerprint density at radius 1 is 1.30 bits per heavy atom. The van der Waals surface area contributed by atoms with Crippen molar-refractivity contribution in [1.29, 1.82) is 0 Å². The number of hydrogen-bond donors (Lipinski definition) is 0. The van der Waals surface area contributed by atoms with E-state index in [2.05, 4.69) is 6.08 Å². The molecule has 1 saturated heterocycles. The molecule has 3 atom stereocenters. The molecule has 0 radical (unpaired) electrons. The average molecular weight is 323 g/mol. The van der Waals surface area contributed by atoms with Gasteiger partial charge < -0.3 is 23.8 Å². The standard InChI is InChI=1S/C16H21NO6/c1-10-3-4-11-12(14(18)20-2)9-22-15(13(10)11)23-16(19)17-5-7-21-8-6-17/h3,9,11,13,15H,4-8H2,1-2H3. The van der Waals surface area contributed by atoms with E-state index in [4.69, 9.17) is 18.9 Å². The van der Waals surface area contributed by atoms with E-state index < -0.39 is 18.4 Å². The van der Waals surface area contributed by atoms with Crippen LogP contribution in [-0.2, 0) is 23.7 Å². The summed E-state index contributed by atoms with van der Waals surface area (Å²) in [7, 11) is 1.35. The molecule has 3 unspecified atom stereocenters. The van der Waals surface area contributed by atoms with Gasteiger partial charge in [-0.3, -0.25) is 0 Å². The predicted molar refractivity (Wildman–Crippen MR) is 79.2 cm³/mol. The number of morpholine rings is 1. The smallest absolute Gasteiger partial charge is 0.413 e. The summed E-state index contributed by atoms with van der Waals surface area (Å²) in [6.07, 6.45) is 3.01. The van der Waals surface area contributed by atoms with Crippen molar-refractivity contribution in [1.82, 2.24) is 4.90 Å². The lowest BCUT2D eigenvalue weighted by Crippen LogP contribution is -2.45. The van der Waals surface area contributed by atoms with E-state index in [1.807, 2.05) is 6.92 Å². The van der Waals surface area contributed by atoms with Gasteiger partial charge in [-0.15, -0.1) is 0 Å². The number of allylic oxidation sites excluding steroid dienone is 1. The maximum absolute atomic E-state index is 12.3. The van der Waals surface area contributed by atoms with Crippen LogP contribution in [0.25, 0.3) is 0 Å². The minimum Gasteiger partial charge on any atom is -0.466 e. The third-order valence-electron chi connectivity index (χ3n) is 4.58. The summed E-state index contributed by atoms with van der Waals surface area (Å²) in [6, 6.07) is 0. The quantitative estimate of drug-likeness (QED) is 0.566. The average Bonchev–Trinajstić information content (AvgIpc) is 2.97. The highest BCUT2D eigenvalue weighted by Gasteiger charge is 2.45. The van der Waals surface area contributed by atoms with Crippen molar-refractivity contribution in [3.05, 3.63) is 23.5 Å². The van der Waals surface area contributed by atoms with Gasteiger partial charge in [0.25, 0.3) is 6.29 Å². The third-order valence-corrected chi connectivity index (χ3v) is 4.58. The number of esters is 1. The Hall–Kier alpha value is -2.02. The van der Waals surface area contributed by atoms with Gasteiger partial charge in [0.05, 0.1) is 38.1 Å². The van der Waals surface area contributed by atoms with Crippen molar-refractivity contribution < 1.29 is 28.5 Å². The first-order chi connectivity index (χ1) is 11.1. The Bertz CT molecular complexity index is 549. The van der Waals surface area contributed by atoms with E-state index in [0.29, 0.717) is 38.3 Å². The van der Waals surface area contributed by atoms with Crippen LogP contribution < -0.4 is 0 Å². The van der Waals surface area contributed by atoms with Gasteiger partial charge in [-0.25, -0.2) is 9.59 Å². The molecule has 7 nitrogen and oxygen atoms in total. The van der Waals surface area contributed by atoms with Gasteiger partial charge >= 0.3 is 12.1 Å². The number of carbonyl (C=O) groups is 2. The molecule has 3 aliphatic rings. The lowest BCUT2D eigenvalue weighted by atomic mass is 9.84. The normalized spacial score (nSPS) is 29.8. The van der Waals surface area contributed by atoms with Crippen LogP contribution in [0.2, 0.25) is 0 Å². The second kappa shape index (κ2) is 6.62. The van der Waals surface area contributed by atoms with Crippen molar-refractivity contribution in [2.45, 2.75) is 19.6 Å². The Morgan fingerprint density at radius 3 is 2.74 bits per heavy atom. The van der Waals surface area contributed by atoms with Gasteiger partial charge in [0, 0.05) is 19.0 Å². The number of carbonyl (C=O) groups excluding carboxylic acids is 2. The second-order valence-corrected chi connectivity index (χ2v) is 5.87. The summed E-state index contributed by atoms with van der Waals surface area (Å²) in [4.78, 5) is 25.7. The number of rotatable bonds is 2. The molecule has 2 aliphatic heterocycles. The van der Waals surface area contributed by atoms with E-state index in [-0.39, 0.29) is 11.8 Å². The zero-order chi connectivity index (χ0) is 16.4. The third kappa shape index (κ3) is 3.06. The summed E-state index contributed by atoms with van der Waals surface area (Å²) in [6.45, 7) is 4.01. The van der Waals surface area contributed by atoms with E-state index in [0.717, 1.165) is 5.57 Å². The molecule has 1 fully saturated rings. The van der Waals surface area contributed by atoms with E-state index in [1.165, 1.54) is 13.4 Å². The first-order valence-electron chi connectivity index (χ1n) is 7.75. The van der Waals surface area contributed by atoms with Crippen LogP contribution in [0.4, 0.5) is 4.79 Å². The van der Waals surface area contributed by atoms with Crippen molar-refractivity contribution in [3.8, 4) is 0 Å². The van der Waals surface area contributed by atoms with Crippen LogP contribution in [-0.4, -0.2) is 56.7 Å². The summed E-state index contributed by atoms with van der Waals surface area (Å²) in [5.41, 5.74) is 1.55. The largest absolute Gasteiger partial charge is 0.466 e. The molecule has 7 heteroatoms. The van der Waals surface area contributed by atoms with E-state index in [1.54, 1.807) is 4.90 Å². The molecule has 0 bridgehead atoms. The number of fused-ring (bicyclic) bond motifs is 1. The van der Waals surface area contributed by atoms with Gasteiger partial charge in [0.2, 0.25) is 0 Å². The lowest BCUT2D eigenvalue weighted by Gasteiger charge is -2.35. The van der Waals surface area contributed by atoms with Crippen LogP contribution in [0.1, 0.15) is 13.3 Å². The Morgan fingerprint density at radius 2 is 2.04 bits per heavy atom. The number of amides is 1. The van der Waals surface area contributed by atoms with Crippen LogP contribution in [0.15, 0.2) is 23.5 Å². The molecule has 0 N–H and O–H groups in total. The Kier molecular flexibility index (Phi) is 4.56. The number of nitrogens with zero attached hydrogens (tertiary/aromatic N) is 1. The number of methoxy groups -OCH3 is 1. The zero-order valence-electron chi connectivity index (χ0n) is 13.3. The van der Waals surface area contributed by atoms with Gasteiger partial charge in [0.1, 0.15) is 0 Å². The molecule has 1 amide bonds. The van der Waals surface area contributed by atoms with Gasteiger partial charge in [-0.05, 0) is 13.3 Å². The van der Waals surface area contributed by atoms with Crippen molar-refractivity contribution in [2.75, 3.05) is 33.4 Å². The summed E-state index contributed by atoms with van der Waals surface area (Å²) >= 11 is 0. The molecule has 0 aromatic rings. The summed E-state index contributed by atoms with van der Waals surface area (Å²) in [5, 5.41) is 0. The molecule has 3 rings (SSSR count). The van der Waals surface area contributed by atoms with Crippen molar-refractivity contribution in [2.24, 2.45) is 11.8 Å². The minimum absolute atomic E-state index is 0.0707. The fraction of sp³-hybridized carbons (Fsp3) is 0.625. The van der Waals surface area contributed by atoms with E-state index in [9.17, 15) is 9.59 Å². The fourth-order valence-corrected chi connectivity index (χ4v) is 3.29. The molecule has 23 heavy (non-hydrogen) atoms. The van der Waals surface area contributed by atoms with Gasteiger partial charge in [0.15, 0.2) is 0 Å². The summed E-state index contributed by atoms with van der Waals surface area (Å²) in [5.74, 6) is -0.626. The van der Waals surface area contributed by atoms with E-state index >= 15 is 0 Å². The number of ether oxygens (including phenoxy) is 4. The molecular formula is C16H21NO6. The van der Waals surface area contributed by atoms with Crippen molar-refractivity contribution >= 4 is 12.1 Å². The highest BCUT2D eigenvalue weighted by atomic mass is 16.7. The molecule has 0 aromatic carbocycles. The zero-order valence-corrected chi connectivity index (χ0v) is 13.3. The molecule has 2 heterocycles. The topological polar surface area (TPSA) is 74.3 Å². The maximum Gasteiger partial charge on any atom is 0.413 e. The molecule has 1 aliphatic carbocycles. The van der Waals surface area contributed by atoms with Crippen LogP contribution in [0.5, 0.6) is 0 Å². The maximum atomic E-state index is 12.3. The highest BCUT2D eigenvalue weighted by molar-refractivity contribution is 5.89. The van der Waals surface area contributed by atoms with Crippen LogP contribution in [0, 0.1) is 11.8 Å². The number of hydrogen-bond acceptors (Lipinski definition) is 6. The lowest BCUT2D eigenvalue weighted by molar-refractivity contribution is -0.143. The second-order valence-electron chi connectivity index (χ2n) is 5.87. The minimum atomic E-state index is -0.720. The SMILES string of the molecule is COC(=O)C1=COC(OC(=O)N2CCOCC2)C2C(C)=CCC12. The van der Waals surface area contributed by atoms with Gasteiger partial charge in [-0.1, -0.05) is 11.6 Å². The Labute approximate surface area is 134 Å². The fourth-order valence-electron chi connectivity index (χ4n) is 3.29. The molecule has 0 spiro atoms. The molecule has 0 aromatic heterocycles. The first kappa shape index (κ1) is 15.9. The molecular weight excluding hydrogens is 302 g/mol. The van der Waals surface area contributed by atoms with Gasteiger partial charge in [-0.2, -0.15) is 0 Å².